The van der Waals surface area contributed by atoms with Crippen LogP contribution in [0.4, 0.5) is 0 Å². The summed E-state index contributed by atoms with van der Waals surface area (Å²) in [5.41, 5.74) is 2.62. The zero-order chi connectivity index (χ0) is 14.6. The smallest absolute Gasteiger partial charge is 0.225 e. The molecule has 1 aromatic carbocycles. The predicted octanol–water partition coefficient (Wildman–Crippen LogP) is 3.90. The number of carbonyl (C=O) groups excluding carboxylic acids is 1. The number of thiophene rings is 1. The summed E-state index contributed by atoms with van der Waals surface area (Å²) in [6.07, 6.45) is 0.470. The lowest BCUT2D eigenvalue weighted by atomic mass is 9.87. The monoisotopic (exact) mass is 287 g/mol. The second-order valence-electron chi connectivity index (χ2n) is 5.98. The number of nitrogens with one attached hydrogen (secondary N) is 1. The van der Waals surface area contributed by atoms with Crippen molar-refractivity contribution in [2.24, 2.45) is 0 Å². The van der Waals surface area contributed by atoms with Gasteiger partial charge in [-0.15, -0.1) is 11.3 Å². The van der Waals surface area contributed by atoms with Gasteiger partial charge in [0.25, 0.3) is 0 Å². The molecule has 3 heteroatoms. The maximum Gasteiger partial charge on any atom is 0.225 e. The van der Waals surface area contributed by atoms with Crippen LogP contribution in [-0.4, -0.2) is 5.91 Å². The van der Waals surface area contributed by atoms with E-state index in [0.717, 1.165) is 10.4 Å². The van der Waals surface area contributed by atoms with Gasteiger partial charge in [0.2, 0.25) is 5.91 Å². The van der Waals surface area contributed by atoms with Crippen LogP contribution in [0.1, 0.15) is 36.8 Å². The van der Waals surface area contributed by atoms with Crippen molar-refractivity contribution in [3.05, 3.63) is 57.8 Å². The average molecular weight is 287 g/mol. The quantitative estimate of drug-likeness (QED) is 0.907. The lowest BCUT2D eigenvalue weighted by Crippen LogP contribution is -2.24. The molecule has 0 aliphatic heterocycles. The van der Waals surface area contributed by atoms with E-state index in [4.69, 9.17) is 0 Å². The van der Waals surface area contributed by atoms with Gasteiger partial charge in [0.05, 0.1) is 6.42 Å². The SMILES string of the molecule is CC(C)(C)c1ccc(CNC(=O)Cc2cccs2)cc1. The van der Waals surface area contributed by atoms with Crippen molar-refractivity contribution in [3.8, 4) is 0 Å². The molecule has 0 spiro atoms. The second-order valence-corrected chi connectivity index (χ2v) is 7.01. The van der Waals surface area contributed by atoms with Gasteiger partial charge in [-0.25, -0.2) is 0 Å². The Kier molecular flexibility index (Phi) is 4.61. The summed E-state index contributed by atoms with van der Waals surface area (Å²) in [6.45, 7) is 7.19. The van der Waals surface area contributed by atoms with Crippen molar-refractivity contribution in [1.29, 1.82) is 0 Å². The third kappa shape index (κ3) is 4.20. The first-order chi connectivity index (χ1) is 9.45. The molecule has 0 atom stereocenters. The molecular formula is C17H21NOS. The fourth-order valence-corrected chi connectivity index (χ4v) is 2.66. The molecular weight excluding hydrogens is 266 g/mol. The summed E-state index contributed by atoms with van der Waals surface area (Å²) in [6, 6.07) is 12.4. The molecule has 0 bridgehead atoms. The Hall–Kier alpha value is -1.61. The predicted molar refractivity (Wildman–Crippen MR) is 85.0 cm³/mol. The molecule has 0 aliphatic rings. The first-order valence-corrected chi connectivity index (χ1v) is 7.71. The van der Waals surface area contributed by atoms with Crippen LogP contribution in [0.3, 0.4) is 0 Å². The molecule has 2 nitrogen and oxygen atoms in total. The van der Waals surface area contributed by atoms with Crippen molar-refractivity contribution in [1.82, 2.24) is 5.32 Å². The van der Waals surface area contributed by atoms with Gasteiger partial charge < -0.3 is 5.32 Å². The molecule has 0 aliphatic carbocycles. The molecule has 106 valence electrons. The van der Waals surface area contributed by atoms with Crippen LogP contribution in [0.2, 0.25) is 0 Å². The Balaban J connectivity index is 1.86. The number of amides is 1. The molecule has 0 fully saturated rings. The Bertz CT molecular complexity index is 550. The summed E-state index contributed by atoms with van der Waals surface area (Å²) in [5.74, 6) is 0.0762. The van der Waals surface area contributed by atoms with Gasteiger partial charge in [0.15, 0.2) is 0 Å². The van der Waals surface area contributed by atoms with Gasteiger partial charge >= 0.3 is 0 Å². The molecule has 1 aromatic heterocycles. The number of rotatable bonds is 4. The van der Waals surface area contributed by atoms with Crippen LogP contribution >= 0.6 is 11.3 Å². The van der Waals surface area contributed by atoms with Crippen LogP contribution < -0.4 is 5.32 Å². The fraction of sp³-hybridized carbons (Fsp3) is 0.353. The van der Waals surface area contributed by atoms with Gasteiger partial charge in [-0.3, -0.25) is 4.79 Å². The summed E-state index contributed by atoms with van der Waals surface area (Å²) >= 11 is 1.62. The van der Waals surface area contributed by atoms with E-state index in [2.05, 4.69) is 50.4 Å². The zero-order valence-corrected chi connectivity index (χ0v) is 13.1. The van der Waals surface area contributed by atoms with E-state index in [0.29, 0.717) is 13.0 Å². The lowest BCUT2D eigenvalue weighted by molar-refractivity contribution is -0.120. The van der Waals surface area contributed by atoms with Crippen LogP contribution in [-0.2, 0) is 23.2 Å². The molecule has 0 unspecified atom stereocenters. The number of carbonyl (C=O) groups is 1. The van der Waals surface area contributed by atoms with Gasteiger partial charge in [0, 0.05) is 11.4 Å². The zero-order valence-electron chi connectivity index (χ0n) is 12.3. The molecule has 1 heterocycles. The number of benzene rings is 1. The number of hydrogen-bond acceptors (Lipinski definition) is 2. The van der Waals surface area contributed by atoms with E-state index < -0.39 is 0 Å². The van der Waals surface area contributed by atoms with E-state index in [1.165, 1.54) is 5.56 Å². The van der Waals surface area contributed by atoms with E-state index in [-0.39, 0.29) is 11.3 Å². The molecule has 20 heavy (non-hydrogen) atoms. The molecule has 2 aromatic rings. The summed E-state index contributed by atoms with van der Waals surface area (Å²) in [5, 5.41) is 4.96. The molecule has 0 saturated heterocycles. The minimum Gasteiger partial charge on any atom is -0.352 e. The first-order valence-electron chi connectivity index (χ1n) is 6.83. The Morgan fingerprint density at radius 1 is 1.15 bits per heavy atom. The summed E-state index contributed by atoms with van der Waals surface area (Å²) < 4.78 is 0. The third-order valence-corrected chi connectivity index (χ3v) is 4.10. The highest BCUT2D eigenvalue weighted by atomic mass is 32.1. The van der Waals surface area contributed by atoms with Crippen molar-refractivity contribution >= 4 is 17.2 Å². The molecule has 2 rings (SSSR count). The first kappa shape index (κ1) is 14.8. The minimum absolute atomic E-state index is 0.0762. The van der Waals surface area contributed by atoms with Gasteiger partial charge in [-0.05, 0) is 28.0 Å². The van der Waals surface area contributed by atoms with Crippen molar-refractivity contribution < 1.29 is 4.79 Å². The summed E-state index contributed by atoms with van der Waals surface area (Å²) in [4.78, 5) is 12.9. The van der Waals surface area contributed by atoms with Crippen molar-refractivity contribution in [2.75, 3.05) is 0 Å². The van der Waals surface area contributed by atoms with Crippen LogP contribution in [0.25, 0.3) is 0 Å². The topological polar surface area (TPSA) is 29.1 Å². The van der Waals surface area contributed by atoms with Crippen LogP contribution in [0.15, 0.2) is 41.8 Å². The fourth-order valence-electron chi connectivity index (χ4n) is 1.96. The Morgan fingerprint density at radius 2 is 1.85 bits per heavy atom. The minimum atomic E-state index is 0.0762. The second kappa shape index (κ2) is 6.23. The Morgan fingerprint density at radius 3 is 2.40 bits per heavy atom. The standard InChI is InChI=1S/C17H21NOS/c1-17(2,3)14-8-6-13(7-9-14)12-18-16(19)11-15-5-4-10-20-15/h4-10H,11-12H2,1-3H3,(H,18,19). The molecule has 1 N–H and O–H groups in total. The van der Waals surface area contributed by atoms with Gasteiger partial charge in [0.1, 0.15) is 0 Å². The van der Waals surface area contributed by atoms with Crippen LogP contribution in [0, 0.1) is 0 Å². The highest BCUT2D eigenvalue weighted by molar-refractivity contribution is 7.10. The molecule has 0 radical (unpaired) electrons. The van der Waals surface area contributed by atoms with Crippen LogP contribution in [0.5, 0.6) is 0 Å². The maximum atomic E-state index is 11.8. The van der Waals surface area contributed by atoms with Crippen molar-refractivity contribution in [2.45, 2.75) is 39.2 Å². The highest BCUT2D eigenvalue weighted by Crippen LogP contribution is 2.22. The van der Waals surface area contributed by atoms with E-state index >= 15 is 0 Å². The van der Waals surface area contributed by atoms with E-state index in [1.54, 1.807) is 11.3 Å². The normalized spacial score (nSPS) is 11.3. The largest absolute Gasteiger partial charge is 0.352 e. The van der Waals surface area contributed by atoms with E-state index in [9.17, 15) is 4.79 Å². The van der Waals surface area contributed by atoms with Crippen molar-refractivity contribution in [3.63, 3.8) is 0 Å². The molecule has 1 amide bonds. The maximum absolute atomic E-state index is 11.8. The molecule has 0 saturated carbocycles. The van der Waals surface area contributed by atoms with Gasteiger partial charge in [-0.2, -0.15) is 0 Å². The summed E-state index contributed by atoms with van der Waals surface area (Å²) in [7, 11) is 0. The highest BCUT2D eigenvalue weighted by Gasteiger charge is 2.12. The average Bonchev–Trinajstić information content (AvgIpc) is 2.88. The number of hydrogen-bond donors (Lipinski definition) is 1. The van der Waals surface area contributed by atoms with E-state index in [1.807, 2.05) is 17.5 Å². The lowest BCUT2D eigenvalue weighted by Gasteiger charge is -2.19. The van der Waals surface area contributed by atoms with Gasteiger partial charge in [-0.1, -0.05) is 51.1 Å². The third-order valence-electron chi connectivity index (χ3n) is 3.22. The Labute approximate surface area is 124 Å².